The Labute approximate surface area is 160 Å². The molecule has 0 N–H and O–H groups in total. The number of aromatic nitrogens is 1. The Bertz CT molecular complexity index is 787. The molecule has 1 atom stereocenters. The van der Waals surface area contributed by atoms with Gasteiger partial charge in [-0.05, 0) is 31.9 Å². The van der Waals surface area contributed by atoms with Crippen LogP contribution in [0.3, 0.4) is 0 Å². The van der Waals surface area contributed by atoms with Crippen LogP contribution in [0.15, 0.2) is 18.2 Å². The topological polar surface area (TPSA) is 68.7 Å². The number of benzene rings is 1. The first kappa shape index (κ1) is 19.1. The number of nitrogens with zero attached hydrogens (tertiary/aromatic N) is 2. The van der Waals surface area contributed by atoms with Crippen molar-refractivity contribution in [2.45, 2.75) is 32.8 Å². The van der Waals surface area contributed by atoms with E-state index in [1.807, 2.05) is 25.1 Å². The highest BCUT2D eigenvalue weighted by Crippen LogP contribution is 2.35. The molecule has 1 aliphatic rings. The molecule has 2 heterocycles. The molecule has 1 aliphatic heterocycles. The number of amides is 1. The number of carbonyl (C=O) groups is 2. The number of ether oxygens (including phenoxy) is 2. The van der Waals surface area contributed by atoms with E-state index >= 15 is 0 Å². The number of rotatable bonds is 7. The fraction of sp³-hybridized carbons (Fsp3) is 0.500. The summed E-state index contributed by atoms with van der Waals surface area (Å²) in [6.45, 7) is 5.14. The minimum Gasteiger partial charge on any atom is -0.492 e. The molecule has 26 heavy (non-hydrogen) atoms. The molecule has 1 saturated heterocycles. The van der Waals surface area contributed by atoms with Crippen molar-refractivity contribution in [3.8, 4) is 5.75 Å². The molecule has 0 radical (unpaired) electrons. The van der Waals surface area contributed by atoms with E-state index in [9.17, 15) is 9.59 Å². The first-order valence-electron chi connectivity index (χ1n) is 8.66. The molecule has 0 saturated carbocycles. The van der Waals surface area contributed by atoms with E-state index in [2.05, 4.69) is 4.98 Å². The molecule has 0 spiro atoms. The van der Waals surface area contributed by atoms with Gasteiger partial charge >= 0.3 is 0 Å². The summed E-state index contributed by atoms with van der Waals surface area (Å²) in [6.07, 6.45) is 1.95. The Morgan fingerprint density at radius 3 is 3.00 bits per heavy atom. The summed E-state index contributed by atoms with van der Waals surface area (Å²) in [5, 5.41) is 0.551. The highest BCUT2D eigenvalue weighted by atomic mass is 32.2. The third-order valence-corrected chi connectivity index (χ3v) is 5.85. The molecule has 1 amide bonds. The second kappa shape index (κ2) is 8.83. The summed E-state index contributed by atoms with van der Waals surface area (Å²) in [5.74, 6) is 0.698. The van der Waals surface area contributed by atoms with Gasteiger partial charge in [-0.3, -0.25) is 14.5 Å². The van der Waals surface area contributed by atoms with E-state index in [1.165, 1.54) is 18.3 Å². The highest BCUT2D eigenvalue weighted by molar-refractivity contribution is 8.14. The molecule has 1 aromatic carbocycles. The van der Waals surface area contributed by atoms with E-state index in [0.717, 1.165) is 47.2 Å². The molecule has 6 nitrogen and oxygen atoms in total. The fourth-order valence-corrected chi connectivity index (χ4v) is 4.31. The van der Waals surface area contributed by atoms with Gasteiger partial charge in [-0.15, -0.1) is 0 Å². The van der Waals surface area contributed by atoms with Crippen molar-refractivity contribution in [1.29, 1.82) is 0 Å². The summed E-state index contributed by atoms with van der Waals surface area (Å²) in [4.78, 5) is 30.3. The standard InChI is InChI=1S/C18H22N2O4S2/c1-3-23-14-7-4-8-15-17(14)19-18(26-15)20(10-13-6-5-9-24-13)16(22)11-25-12(2)21/h4,7-8,13H,3,5-6,9-11H2,1-2H3. The van der Waals surface area contributed by atoms with Gasteiger partial charge in [0.1, 0.15) is 11.3 Å². The zero-order valence-electron chi connectivity index (χ0n) is 14.9. The molecule has 1 unspecified atom stereocenters. The van der Waals surface area contributed by atoms with Crippen LogP contribution in [0.5, 0.6) is 5.75 Å². The van der Waals surface area contributed by atoms with Gasteiger partial charge in [-0.1, -0.05) is 29.2 Å². The molecule has 8 heteroatoms. The largest absolute Gasteiger partial charge is 0.492 e. The molecule has 1 fully saturated rings. The van der Waals surface area contributed by atoms with Crippen LogP contribution in [0.1, 0.15) is 26.7 Å². The van der Waals surface area contributed by atoms with E-state index in [1.54, 1.807) is 4.90 Å². The van der Waals surface area contributed by atoms with Crippen LogP contribution in [0.25, 0.3) is 10.2 Å². The Balaban J connectivity index is 1.89. The van der Waals surface area contributed by atoms with Crippen molar-refractivity contribution in [1.82, 2.24) is 4.98 Å². The second-order valence-corrected chi connectivity index (χ2v) is 8.11. The van der Waals surface area contributed by atoms with E-state index in [4.69, 9.17) is 9.47 Å². The predicted octanol–water partition coefficient (Wildman–Crippen LogP) is 3.49. The van der Waals surface area contributed by atoms with Crippen LogP contribution in [-0.2, 0) is 14.3 Å². The fourth-order valence-electron chi connectivity index (χ4n) is 2.82. The molecule has 1 aromatic heterocycles. The second-order valence-electron chi connectivity index (χ2n) is 5.95. The van der Waals surface area contributed by atoms with Crippen molar-refractivity contribution in [3.63, 3.8) is 0 Å². The summed E-state index contributed by atoms with van der Waals surface area (Å²) in [6, 6.07) is 5.78. The number of fused-ring (bicyclic) bond motifs is 1. The average Bonchev–Trinajstić information content (AvgIpc) is 3.27. The Morgan fingerprint density at radius 2 is 2.31 bits per heavy atom. The van der Waals surface area contributed by atoms with Gasteiger partial charge in [0, 0.05) is 13.5 Å². The quantitative estimate of drug-likeness (QED) is 0.716. The lowest BCUT2D eigenvalue weighted by atomic mass is 10.2. The van der Waals surface area contributed by atoms with Gasteiger partial charge in [0.15, 0.2) is 10.2 Å². The molecule has 140 valence electrons. The van der Waals surface area contributed by atoms with Crippen molar-refractivity contribution >= 4 is 49.5 Å². The predicted molar refractivity (Wildman–Crippen MR) is 105 cm³/mol. The molecule has 3 rings (SSSR count). The van der Waals surface area contributed by atoms with Crippen molar-refractivity contribution < 1.29 is 19.1 Å². The molecule has 0 aliphatic carbocycles. The lowest BCUT2D eigenvalue weighted by Crippen LogP contribution is -2.38. The Hall–Kier alpha value is -1.64. The lowest BCUT2D eigenvalue weighted by molar-refractivity contribution is -0.117. The van der Waals surface area contributed by atoms with Crippen LogP contribution < -0.4 is 9.64 Å². The van der Waals surface area contributed by atoms with E-state index in [-0.39, 0.29) is 22.9 Å². The highest BCUT2D eigenvalue weighted by Gasteiger charge is 2.26. The van der Waals surface area contributed by atoms with Crippen LogP contribution in [0.2, 0.25) is 0 Å². The molecular weight excluding hydrogens is 372 g/mol. The van der Waals surface area contributed by atoms with Crippen LogP contribution >= 0.6 is 23.1 Å². The Morgan fingerprint density at radius 1 is 1.46 bits per heavy atom. The van der Waals surface area contributed by atoms with Crippen LogP contribution in [0.4, 0.5) is 5.13 Å². The van der Waals surface area contributed by atoms with E-state index < -0.39 is 0 Å². The number of anilines is 1. The van der Waals surface area contributed by atoms with Gasteiger partial charge in [-0.2, -0.15) is 0 Å². The third kappa shape index (κ3) is 4.55. The van der Waals surface area contributed by atoms with Gasteiger partial charge in [0.2, 0.25) is 5.91 Å². The number of para-hydroxylation sites is 1. The maximum Gasteiger partial charge on any atom is 0.239 e. The van der Waals surface area contributed by atoms with Crippen molar-refractivity contribution in [2.75, 3.05) is 30.4 Å². The zero-order valence-corrected chi connectivity index (χ0v) is 16.5. The average molecular weight is 395 g/mol. The number of carbonyl (C=O) groups excluding carboxylic acids is 2. The number of hydrogen-bond donors (Lipinski definition) is 0. The van der Waals surface area contributed by atoms with Crippen molar-refractivity contribution in [3.05, 3.63) is 18.2 Å². The zero-order chi connectivity index (χ0) is 18.5. The summed E-state index contributed by atoms with van der Waals surface area (Å²) < 4.78 is 12.3. The summed E-state index contributed by atoms with van der Waals surface area (Å²) >= 11 is 2.48. The number of hydrogen-bond acceptors (Lipinski definition) is 7. The number of thiazole rings is 1. The number of thioether (sulfide) groups is 1. The molecular formula is C18H22N2O4S2. The van der Waals surface area contributed by atoms with Gasteiger partial charge in [0.05, 0.1) is 29.7 Å². The maximum absolute atomic E-state index is 12.8. The van der Waals surface area contributed by atoms with Gasteiger partial charge < -0.3 is 9.47 Å². The monoisotopic (exact) mass is 394 g/mol. The van der Waals surface area contributed by atoms with Crippen LogP contribution in [-0.4, -0.2) is 47.6 Å². The SMILES string of the molecule is CCOc1cccc2sc(N(CC3CCCO3)C(=O)CSC(C)=O)nc12. The molecule has 0 bridgehead atoms. The van der Waals surface area contributed by atoms with Crippen molar-refractivity contribution in [2.24, 2.45) is 0 Å². The van der Waals surface area contributed by atoms with Gasteiger partial charge in [0.25, 0.3) is 0 Å². The summed E-state index contributed by atoms with van der Waals surface area (Å²) in [5.41, 5.74) is 0.763. The van der Waals surface area contributed by atoms with Crippen LogP contribution in [0, 0.1) is 0 Å². The van der Waals surface area contributed by atoms with E-state index in [0.29, 0.717) is 18.3 Å². The first-order valence-corrected chi connectivity index (χ1v) is 10.5. The maximum atomic E-state index is 12.8. The minimum atomic E-state index is -0.127. The van der Waals surface area contributed by atoms with Gasteiger partial charge in [-0.25, -0.2) is 4.98 Å². The lowest BCUT2D eigenvalue weighted by Gasteiger charge is -2.22. The smallest absolute Gasteiger partial charge is 0.239 e. The Kier molecular flexibility index (Phi) is 6.50. The third-order valence-electron chi connectivity index (χ3n) is 4.01. The normalized spacial score (nSPS) is 16.8. The summed E-state index contributed by atoms with van der Waals surface area (Å²) in [7, 11) is 0. The minimum absolute atomic E-state index is 0.0136. The first-order chi connectivity index (χ1) is 12.6. The molecule has 2 aromatic rings.